The van der Waals surface area contributed by atoms with Crippen LogP contribution in [0.2, 0.25) is 0 Å². The summed E-state index contributed by atoms with van der Waals surface area (Å²) < 4.78 is 0. The highest BCUT2D eigenvalue weighted by Gasteiger charge is 2.18. The molecule has 0 radical (unpaired) electrons. The third kappa shape index (κ3) is 37.9. The maximum absolute atomic E-state index is 6.33. The van der Waals surface area contributed by atoms with E-state index in [9.17, 15) is 0 Å². The van der Waals surface area contributed by atoms with Gasteiger partial charge in [0, 0.05) is 121 Å². The normalized spacial score (nSPS) is 10.2. The van der Waals surface area contributed by atoms with Crippen molar-refractivity contribution < 1.29 is 0 Å². The maximum atomic E-state index is 6.33. The van der Waals surface area contributed by atoms with E-state index >= 15 is 0 Å². The molecule has 0 unspecified atom stereocenters. The lowest BCUT2D eigenvalue weighted by Crippen LogP contribution is -2.24. The van der Waals surface area contributed by atoms with Crippen LogP contribution in [0.4, 0.5) is 125 Å². The summed E-state index contributed by atoms with van der Waals surface area (Å²) in [5.74, 6) is 0. The SMILES string of the molecule is C=CCN(CC)c1ccc(N)cc1N.C=CCN(CC=C)c1cc(N)ccc1N.C=CCN(CC=C)c1ccc(N)cc1N.CC(C)=CCN(C)c1ccc(N)cc1N.CCCc1ccc(N(c2ccc(CCC)cc2)c2ccc(N)cc2N)cc1.Cc1ccc(-c2ccc(Cc3ccc(-c4ccc(N)cc4)cc3)cc2)cc1.Nc1ccc(Cc2ccc(-c3ccc(N)cc3)cc2)cc1.Nc1ccc(Cc2ccc(N)cc2)cc1. The quantitative estimate of drug-likeness (QED) is 0.0134. The highest BCUT2D eigenvalue weighted by Crippen LogP contribution is 2.40. The molecule has 20 heteroatoms. The average Bonchev–Trinajstić information content (AvgIpc) is 0.791. The van der Waals surface area contributed by atoms with Crippen molar-refractivity contribution in [2.75, 3.05) is 163 Å². The first-order valence-corrected chi connectivity index (χ1v) is 50.3. The molecule has 0 aliphatic heterocycles. The van der Waals surface area contributed by atoms with Gasteiger partial charge in [0.05, 0.1) is 56.9 Å². The Labute approximate surface area is 885 Å². The molecule has 0 atom stereocenters. The van der Waals surface area contributed by atoms with Gasteiger partial charge in [0.1, 0.15) is 0 Å². The summed E-state index contributed by atoms with van der Waals surface area (Å²) in [6.07, 6.45) is 18.6. The first-order chi connectivity index (χ1) is 71.8. The highest BCUT2D eigenvalue weighted by molar-refractivity contribution is 5.86. The second-order valence-corrected chi connectivity index (χ2v) is 36.7. The van der Waals surface area contributed by atoms with Crippen LogP contribution in [-0.4, -0.2) is 52.9 Å². The summed E-state index contributed by atoms with van der Waals surface area (Å²) in [6, 6.07) is 120. The second-order valence-electron chi connectivity index (χ2n) is 36.7. The van der Waals surface area contributed by atoms with E-state index in [0.717, 1.165) is 165 Å². The van der Waals surface area contributed by atoms with Crippen molar-refractivity contribution >= 4 is 125 Å². The maximum Gasteiger partial charge on any atom is 0.0692 e. The number of benzene rings is 16. The molecular weight excluding hydrogens is 1830 g/mol. The standard InChI is InChI=1S/C26H23N.C24H29N3.C19H18N2.C13H14N2.C12H19N3.2C12H17N3.C11H17N3/c1-19-2-8-22(9-3-19)23-10-4-20(5-11-23)18-21-6-12-24(13-7-21)25-14-16-26(27)17-15-25;1-3-5-18-7-12-21(13-8-18)27(24-16-11-20(25)17-23(24)26)22-14-9-19(6-4-2)10-15-22;20-18-9-3-15(4-10-18)13-14-1-5-16(6-2-14)17-7-11-19(21)12-8-17;14-12-5-1-10(2-6-12)9-11-3-7-13(15)8-4-11;1-9(2)6-7-15(3)12-5-4-10(13)8-11(12)14;1-3-7-15(8-4-2)12-6-5-10(13)9-11(12)14;1-3-7-15(8-4-2)12-9-10(13)5-6-11(12)14;1-3-7-14(4-2)11-6-5-9(12)8-10(11)13/h2-17H,18,27H2,1H3;7-17H,3-6,25-26H2,1-2H3;1-12H,13,20-21H2;1-8H,9,14-15H2;4-6,8H,7,13-14H2,1-3H3;2*3-6,9H,1-2,7-8,13-14H2;3,5-6,8H,1,4,7,12-13H2,2H3. The van der Waals surface area contributed by atoms with Gasteiger partial charge in [-0.25, -0.2) is 0 Å². The summed E-state index contributed by atoms with van der Waals surface area (Å²) in [7, 11) is 2.02. The van der Waals surface area contributed by atoms with Gasteiger partial charge in [0.25, 0.3) is 0 Å². The Balaban J connectivity index is 0.000000192. The lowest BCUT2D eigenvalue weighted by molar-refractivity contribution is 0.909. The van der Waals surface area contributed by atoms with Crippen molar-refractivity contribution in [3.8, 4) is 33.4 Å². The smallest absolute Gasteiger partial charge is 0.0692 e. The number of allylic oxidation sites excluding steroid dienone is 1. The fourth-order valence-electron chi connectivity index (χ4n) is 16.2. The number of hydrogen-bond acceptors (Lipinski definition) is 20. The second kappa shape index (κ2) is 59.9. The predicted molar refractivity (Wildman–Crippen MR) is 655 cm³/mol. The molecule has 149 heavy (non-hydrogen) atoms. The molecule has 30 N–H and O–H groups in total. The Bertz CT molecular complexity index is 6630. The van der Waals surface area contributed by atoms with Crippen LogP contribution in [0, 0.1) is 6.92 Å². The van der Waals surface area contributed by atoms with E-state index in [1.807, 2.05) is 201 Å². The number of anilines is 22. The lowest BCUT2D eigenvalue weighted by Gasteiger charge is -2.27. The number of nitrogens with two attached hydrogens (primary N) is 15. The molecule has 0 amide bonds. The minimum absolute atomic E-state index is 0.672. The van der Waals surface area contributed by atoms with E-state index in [4.69, 9.17) is 86.0 Å². The fourth-order valence-corrected chi connectivity index (χ4v) is 16.2. The van der Waals surface area contributed by atoms with Gasteiger partial charge in [-0.3, -0.25) is 0 Å². The molecule has 16 aromatic rings. The van der Waals surface area contributed by atoms with E-state index in [-0.39, 0.29) is 0 Å². The summed E-state index contributed by atoms with van der Waals surface area (Å²) in [5, 5.41) is 0. The summed E-state index contributed by atoms with van der Waals surface area (Å²) in [4.78, 5) is 10.6. The Morgan fingerprint density at radius 1 is 0.235 bits per heavy atom. The van der Waals surface area contributed by atoms with Crippen LogP contribution in [0.1, 0.15) is 97.5 Å². The van der Waals surface area contributed by atoms with Crippen LogP contribution in [-0.2, 0) is 32.1 Å². The molecule has 0 spiro atoms. The van der Waals surface area contributed by atoms with Crippen molar-refractivity contribution in [3.63, 3.8) is 0 Å². The third-order valence-corrected chi connectivity index (χ3v) is 24.2. The molecule has 0 aliphatic rings. The predicted octanol–water partition coefficient (Wildman–Crippen LogP) is 27.5. The Hall–Kier alpha value is -18.0. The van der Waals surface area contributed by atoms with E-state index in [2.05, 4.69) is 275 Å². The third-order valence-electron chi connectivity index (χ3n) is 24.2. The van der Waals surface area contributed by atoms with E-state index < -0.39 is 0 Å². The minimum atomic E-state index is 0.672. The Morgan fingerprint density at radius 3 is 0.758 bits per heavy atom. The number of rotatable bonds is 33. The molecule has 0 bridgehead atoms. The van der Waals surface area contributed by atoms with Crippen molar-refractivity contribution in [2.24, 2.45) is 0 Å². The minimum Gasteiger partial charge on any atom is -0.399 e. The van der Waals surface area contributed by atoms with Gasteiger partial charge in [0.2, 0.25) is 0 Å². The van der Waals surface area contributed by atoms with Crippen molar-refractivity contribution in [2.45, 2.75) is 86.5 Å². The summed E-state index contributed by atoms with van der Waals surface area (Å²) in [5.41, 5.74) is 125. The van der Waals surface area contributed by atoms with Gasteiger partial charge < -0.3 is 111 Å². The van der Waals surface area contributed by atoms with Gasteiger partial charge in [-0.15, -0.1) is 32.9 Å². The molecule has 0 aliphatic carbocycles. The molecule has 0 saturated heterocycles. The van der Waals surface area contributed by atoms with Gasteiger partial charge >= 0.3 is 0 Å². The van der Waals surface area contributed by atoms with Crippen LogP contribution < -0.4 is 111 Å². The number of likely N-dealkylation sites (N-methyl/N-ethyl adjacent to an activating group) is 2. The molecule has 770 valence electrons. The van der Waals surface area contributed by atoms with E-state index in [1.54, 1.807) is 24.3 Å². The molecular formula is C129H154N20. The zero-order chi connectivity index (χ0) is 108. The topological polar surface area (TPSA) is 406 Å². The highest BCUT2D eigenvalue weighted by atomic mass is 15.2. The van der Waals surface area contributed by atoms with Crippen molar-refractivity contribution in [1.82, 2.24) is 0 Å². The van der Waals surface area contributed by atoms with Gasteiger partial charge in [-0.2, -0.15) is 0 Å². The van der Waals surface area contributed by atoms with Crippen LogP contribution in [0.5, 0.6) is 0 Å². The molecule has 16 aromatic carbocycles. The largest absolute Gasteiger partial charge is 0.399 e. The monoisotopic (exact) mass is 1980 g/mol. The van der Waals surface area contributed by atoms with Crippen molar-refractivity contribution in [3.05, 3.63) is 483 Å². The Morgan fingerprint density at radius 2 is 0.470 bits per heavy atom. The van der Waals surface area contributed by atoms with Crippen LogP contribution in [0.15, 0.2) is 433 Å². The van der Waals surface area contributed by atoms with E-state index in [0.29, 0.717) is 51.2 Å². The van der Waals surface area contributed by atoms with Gasteiger partial charge in [-0.1, -0.05) is 256 Å². The van der Waals surface area contributed by atoms with Crippen molar-refractivity contribution in [1.29, 1.82) is 0 Å². The molecule has 0 aromatic heterocycles. The van der Waals surface area contributed by atoms with Crippen LogP contribution >= 0.6 is 0 Å². The van der Waals surface area contributed by atoms with Gasteiger partial charge in [-0.05, 0) is 314 Å². The Kier molecular flexibility index (Phi) is 46.0. The van der Waals surface area contributed by atoms with Gasteiger partial charge in [0.15, 0.2) is 0 Å². The zero-order valence-electron chi connectivity index (χ0n) is 87.9. The first-order valence-electron chi connectivity index (χ1n) is 50.3. The zero-order valence-corrected chi connectivity index (χ0v) is 87.9. The fraction of sp³-hybridized carbons (Fsp3) is 0.163. The summed E-state index contributed by atoms with van der Waals surface area (Å²) in [6.45, 7) is 36.8. The van der Waals surface area contributed by atoms with E-state index in [1.165, 1.54) is 89.0 Å². The molecule has 0 heterocycles. The molecule has 0 saturated carbocycles. The van der Waals surface area contributed by atoms with Crippen LogP contribution in [0.25, 0.3) is 33.4 Å². The number of hydrogen-bond donors (Lipinski definition) is 15. The summed E-state index contributed by atoms with van der Waals surface area (Å²) >= 11 is 0. The van der Waals surface area contributed by atoms with Crippen LogP contribution in [0.3, 0.4) is 0 Å². The lowest BCUT2D eigenvalue weighted by atomic mass is 9.98. The number of nitrogens with zero attached hydrogens (tertiary/aromatic N) is 5. The average molecular weight is 1980 g/mol. The molecule has 20 nitrogen and oxygen atoms in total. The number of aryl methyl sites for hydroxylation is 3. The first kappa shape index (κ1) is 115. The number of nitrogen functional groups attached to an aromatic ring is 15. The molecule has 16 rings (SSSR count). The molecule has 0 fully saturated rings.